The molecule has 198 valence electrons. The second-order valence-electron chi connectivity index (χ2n) is 9.60. The van der Waals surface area contributed by atoms with Crippen molar-refractivity contribution in [3.8, 4) is 11.1 Å². The minimum Gasteiger partial charge on any atom is -0.383 e. The Morgan fingerprint density at radius 3 is 2.74 bits per heavy atom. The topological polar surface area (TPSA) is 169 Å². The molecule has 5 heterocycles. The fourth-order valence-corrected chi connectivity index (χ4v) is 5.39. The molecule has 1 fully saturated rings. The van der Waals surface area contributed by atoms with Crippen LogP contribution < -0.4 is 16.0 Å². The number of anilines is 2. The maximum absolute atomic E-state index is 13.8. The summed E-state index contributed by atoms with van der Waals surface area (Å²) in [5.41, 5.74) is 9.76. The Labute approximate surface area is 221 Å². The summed E-state index contributed by atoms with van der Waals surface area (Å²) < 4.78 is 15.4. The number of halogens is 1. The molecule has 39 heavy (non-hydrogen) atoms. The summed E-state index contributed by atoms with van der Waals surface area (Å²) in [6, 6.07) is 6.02. The van der Waals surface area contributed by atoms with Crippen molar-refractivity contribution >= 4 is 52.2 Å². The number of rotatable bonds is 3. The number of piperidine rings is 1. The second-order valence-corrected chi connectivity index (χ2v) is 9.60. The highest BCUT2D eigenvalue weighted by Gasteiger charge is 2.37. The highest BCUT2D eigenvalue weighted by Crippen LogP contribution is 2.37. The van der Waals surface area contributed by atoms with Crippen LogP contribution in [0.3, 0.4) is 0 Å². The van der Waals surface area contributed by atoms with Crippen LogP contribution in [0.5, 0.6) is 0 Å². The molecule has 0 unspecified atom stereocenters. The van der Waals surface area contributed by atoms with Gasteiger partial charge in [0.1, 0.15) is 17.5 Å². The van der Waals surface area contributed by atoms with Crippen LogP contribution in [0.2, 0.25) is 0 Å². The first-order valence-electron chi connectivity index (χ1n) is 12.5. The molecule has 5 N–H and O–H groups in total. The number of benzene rings is 1. The van der Waals surface area contributed by atoms with Crippen LogP contribution in [0.15, 0.2) is 36.7 Å². The number of amides is 2. The zero-order valence-electron chi connectivity index (χ0n) is 20.8. The molecule has 2 aliphatic rings. The summed E-state index contributed by atoms with van der Waals surface area (Å²) in [5.74, 6) is -0.385. The maximum atomic E-state index is 13.8. The molecule has 0 bridgehead atoms. The molecule has 0 saturated carbocycles. The highest BCUT2D eigenvalue weighted by atomic mass is 19.1. The molecule has 6 rings (SSSR count). The van der Waals surface area contributed by atoms with Crippen molar-refractivity contribution in [1.82, 2.24) is 29.8 Å². The van der Waals surface area contributed by atoms with Crippen molar-refractivity contribution in [3.05, 3.63) is 48.0 Å². The number of nitrogens with two attached hydrogens (primary N) is 1. The van der Waals surface area contributed by atoms with Crippen LogP contribution in [-0.4, -0.2) is 67.6 Å². The van der Waals surface area contributed by atoms with Crippen molar-refractivity contribution in [2.45, 2.75) is 31.7 Å². The minimum atomic E-state index is -0.487. The van der Waals surface area contributed by atoms with E-state index in [-0.39, 0.29) is 30.0 Å². The SMILES string of the molecule is N=CNC(=N)C(=O)N1CCC(N2C(=O)CCc3c2nc2c(-c4cnc5ccc(F)cc5c4)cnn2c3N)CC1. The normalized spacial score (nSPS) is 16.0. The molecule has 12 nitrogen and oxygen atoms in total. The Bertz CT molecular complexity index is 1670. The van der Waals surface area contributed by atoms with Crippen molar-refractivity contribution in [1.29, 1.82) is 10.8 Å². The summed E-state index contributed by atoms with van der Waals surface area (Å²) in [4.78, 5) is 38.3. The van der Waals surface area contributed by atoms with Gasteiger partial charge in [-0.3, -0.25) is 30.3 Å². The number of carbonyl (C=O) groups is 2. The zero-order valence-corrected chi connectivity index (χ0v) is 20.8. The number of carbonyl (C=O) groups excluding carboxylic acids is 2. The van der Waals surface area contributed by atoms with Gasteiger partial charge in [-0.2, -0.15) is 9.61 Å². The third-order valence-corrected chi connectivity index (χ3v) is 7.35. The molecular weight excluding hydrogens is 503 g/mol. The van der Waals surface area contributed by atoms with E-state index in [1.165, 1.54) is 12.1 Å². The fourth-order valence-electron chi connectivity index (χ4n) is 5.39. The van der Waals surface area contributed by atoms with Gasteiger partial charge >= 0.3 is 0 Å². The van der Waals surface area contributed by atoms with Gasteiger partial charge in [0.05, 0.1) is 18.1 Å². The van der Waals surface area contributed by atoms with Gasteiger partial charge in [-0.05, 0) is 43.5 Å². The second kappa shape index (κ2) is 9.42. The van der Waals surface area contributed by atoms with Crippen LogP contribution in [-0.2, 0) is 16.0 Å². The van der Waals surface area contributed by atoms with Gasteiger partial charge in [0.15, 0.2) is 11.5 Å². The number of pyridine rings is 1. The first-order chi connectivity index (χ1) is 18.9. The average Bonchev–Trinajstić information content (AvgIpc) is 3.37. The van der Waals surface area contributed by atoms with E-state index >= 15 is 0 Å². The third kappa shape index (κ3) is 4.11. The fraction of sp³-hybridized carbons (Fsp3) is 0.269. The number of likely N-dealkylation sites (tertiary alicyclic amines) is 1. The van der Waals surface area contributed by atoms with Crippen molar-refractivity contribution in [3.63, 3.8) is 0 Å². The number of hydrogen-bond donors (Lipinski definition) is 4. The first kappa shape index (κ1) is 24.4. The van der Waals surface area contributed by atoms with Gasteiger partial charge in [0.2, 0.25) is 5.91 Å². The number of nitrogens with zero attached hydrogens (tertiary/aromatic N) is 6. The lowest BCUT2D eigenvalue weighted by Crippen LogP contribution is -2.52. The van der Waals surface area contributed by atoms with Gasteiger partial charge in [-0.25, -0.2) is 9.37 Å². The number of hydrogen-bond acceptors (Lipinski definition) is 8. The maximum Gasteiger partial charge on any atom is 0.289 e. The zero-order chi connectivity index (χ0) is 27.3. The molecule has 3 aromatic heterocycles. The van der Waals surface area contributed by atoms with Gasteiger partial charge in [-0.15, -0.1) is 0 Å². The van der Waals surface area contributed by atoms with Crippen molar-refractivity contribution in [2.75, 3.05) is 23.7 Å². The Kier molecular flexibility index (Phi) is 5.89. The Morgan fingerprint density at radius 2 is 1.97 bits per heavy atom. The average molecular weight is 529 g/mol. The molecule has 1 aromatic carbocycles. The van der Waals surface area contributed by atoms with Crippen LogP contribution >= 0.6 is 0 Å². The van der Waals surface area contributed by atoms with E-state index in [4.69, 9.17) is 21.5 Å². The van der Waals surface area contributed by atoms with E-state index in [1.807, 2.05) is 6.07 Å². The Balaban J connectivity index is 1.36. The summed E-state index contributed by atoms with van der Waals surface area (Å²) in [7, 11) is 0. The standard InChI is InChI=1S/C26H25FN10O2/c27-16-1-3-20-14(10-16)9-15(11-31-20)19-12-33-37-23(30)18-2-4-21(38)36(24(18)34-25(19)37)17-5-7-35(8-6-17)26(39)22(29)32-13-28/h1,3,9-13,17H,2,4-8,30H2,(H3,28,29,32). The molecule has 1 saturated heterocycles. The smallest absolute Gasteiger partial charge is 0.289 e. The summed E-state index contributed by atoms with van der Waals surface area (Å²) in [6.07, 6.45) is 5.85. The lowest BCUT2D eigenvalue weighted by Gasteiger charge is -2.40. The number of nitrogen functional groups attached to an aromatic ring is 1. The van der Waals surface area contributed by atoms with E-state index in [2.05, 4.69) is 15.4 Å². The first-order valence-corrected chi connectivity index (χ1v) is 12.5. The van der Waals surface area contributed by atoms with Crippen LogP contribution in [0.4, 0.5) is 16.0 Å². The Hall–Kier alpha value is -4.94. The third-order valence-electron chi connectivity index (χ3n) is 7.35. The highest BCUT2D eigenvalue weighted by molar-refractivity contribution is 6.38. The summed E-state index contributed by atoms with van der Waals surface area (Å²) >= 11 is 0. The minimum absolute atomic E-state index is 0.0642. The molecular formula is C26H25FN10O2. The quantitative estimate of drug-likeness (QED) is 0.233. The van der Waals surface area contributed by atoms with Gasteiger partial charge < -0.3 is 16.0 Å². The molecule has 0 radical (unpaired) electrons. The van der Waals surface area contributed by atoms with Gasteiger partial charge in [0.25, 0.3) is 5.91 Å². The predicted octanol–water partition coefficient (Wildman–Crippen LogP) is 2.11. The van der Waals surface area contributed by atoms with Crippen LogP contribution in [0, 0.1) is 16.6 Å². The van der Waals surface area contributed by atoms with Crippen LogP contribution in [0.25, 0.3) is 27.7 Å². The molecule has 0 atom stereocenters. The lowest BCUT2D eigenvalue weighted by molar-refractivity contribution is -0.125. The Morgan fingerprint density at radius 1 is 1.18 bits per heavy atom. The van der Waals surface area contributed by atoms with E-state index in [9.17, 15) is 14.0 Å². The predicted molar refractivity (Wildman–Crippen MR) is 143 cm³/mol. The summed E-state index contributed by atoms with van der Waals surface area (Å²) in [5, 5.41) is 22.2. The molecule has 0 aliphatic carbocycles. The number of nitrogens with one attached hydrogen (secondary N) is 3. The monoisotopic (exact) mass is 528 g/mol. The molecule has 2 aliphatic heterocycles. The number of aromatic nitrogens is 4. The van der Waals surface area contributed by atoms with Gasteiger partial charge in [-0.1, -0.05) is 0 Å². The summed E-state index contributed by atoms with van der Waals surface area (Å²) in [6.45, 7) is 0.722. The molecule has 13 heteroatoms. The molecule has 4 aromatic rings. The van der Waals surface area contributed by atoms with Crippen molar-refractivity contribution in [2.24, 2.45) is 0 Å². The van der Waals surface area contributed by atoms with E-state index < -0.39 is 5.91 Å². The van der Waals surface area contributed by atoms with Crippen molar-refractivity contribution < 1.29 is 14.0 Å². The van der Waals surface area contributed by atoms with E-state index in [0.717, 1.165) is 11.9 Å². The number of amidine groups is 1. The van der Waals surface area contributed by atoms with Gasteiger partial charge in [0, 0.05) is 53.8 Å². The number of fused-ring (bicyclic) bond motifs is 3. The van der Waals surface area contributed by atoms with E-state index in [1.54, 1.807) is 32.8 Å². The lowest BCUT2D eigenvalue weighted by atomic mass is 9.97. The van der Waals surface area contributed by atoms with Crippen LogP contribution in [0.1, 0.15) is 24.8 Å². The largest absolute Gasteiger partial charge is 0.383 e. The molecule has 0 spiro atoms. The van der Waals surface area contributed by atoms with E-state index in [0.29, 0.717) is 71.7 Å². The molecule has 2 amide bonds.